The first-order valence-electron chi connectivity index (χ1n) is 9.80. The van der Waals surface area contributed by atoms with E-state index in [1.54, 1.807) is 36.0 Å². The lowest BCUT2D eigenvalue weighted by molar-refractivity contribution is -0.117. The molecule has 0 spiro atoms. The molecule has 2 aromatic carbocycles. The van der Waals surface area contributed by atoms with Gasteiger partial charge in [-0.2, -0.15) is 11.8 Å². The predicted octanol–water partition coefficient (Wildman–Crippen LogP) is 3.55. The largest absolute Gasteiger partial charge is 0.337 e. The quantitative estimate of drug-likeness (QED) is 0.505. The standard InChI is InChI=1S/C22H28N4O3S/c1-3-26(22(29)23-13-14-30-16-18-7-5-4-6-8-18)15-21(28)25-20-11-9-19(10-12-20)24-17(2)27/h4-12H,3,13-16H2,1-2H3,(H,23,29)(H,24,27)(H,25,28). The molecule has 4 amide bonds. The molecule has 7 nitrogen and oxygen atoms in total. The van der Waals surface area contributed by atoms with Crippen molar-refractivity contribution in [2.24, 2.45) is 0 Å². The van der Waals surface area contributed by atoms with Crippen molar-refractivity contribution in [2.45, 2.75) is 19.6 Å². The molecule has 0 heterocycles. The van der Waals surface area contributed by atoms with Crippen LogP contribution in [0.5, 0.6) is 0 Å². The molecule has 0 unspecified atom stereocenters. The van der Waals surface area contributed by atoms with Crippen LogP contribution in [-0.4, -0.2) is 48.1 Å². The van der Waals surface area contributed by atoms with Crippen molar-refractivity contribution >= 4 is 41.0 Å². The van der Waals surface area contributed by atoms with Crippen molar-refractivity contribution in [2.75, 3.05) is 36.0 Å². The second kappa shape index (κ2) is 12.5. The highest BCUT2D eigenvalue weighted by molar-refractivity contribution is 7.98. The molecule has 0 radical (unpaired) electrons. The van der Waals surface area contributed by atoms with Crippen LogP contribution in [0.25, 0.3) is 0 Å². The van der Waals surface area contributed by atoms with Gasteiger partial charge >= 0.3 is 6.03 Å². The minimum atomic E-state index is -0.280. The van der Waals surface area contributed by atoms with E-state index in [4.69, 9.17) is 0 Å². The molecular formula is C22H28N4O3S. The summed E-state index contributed by atoms with van der Waals surface area (Å²) in [5, 5.41) is 8.28. The molecule has 2 rings (SSSR count). The Morgan fingerprint density at radius 3 is 2.17 bits per heavy atom. The van der Waals surface area contributed by atoms with Crippen molar-refractivity contribution in [1.82, 2.24) is 10.2 Å². The smallest absolute Gasteiger partial charge is 0.317 e. The van der Waals surface area contributed by atoms with Gasteiger partial charge in [-0.05, 0) is 36.8 Å². The van der Waals surface area contributed by atoms with Gasteiger partial charge in [0.2, 0.25) is 11.8 Å². The van der Waals surface area contributed by atoms with E-state index in [1.807, 2.05) is 25.1 Å². The lowest BCUT2D eigenvalue weighted by atomic mass is 10.2. The monoisotopic (exact) mass is 428 g/mol. The Labute approximate surface area is 181 Å². The van der Waals surface area contributed by atoms with Crippen LogP contribution in [-0.2, 0) is 15.3 Å². The predicted molar refractivity (Wildman–Crippen MR) is 123 cm³/mol. The fourth-order valence-corrected chi connectivity index (χ4v) is 3.47. The summed E-state index contributed by atoms with van der Waals surface area (Å²) < 4.78 is 0. The number of urea groups is 1. The summed E-state index contributed by atoms with van der Waals surface area (Å²) in [6.07, 6.45) is 0. The molecule has 0 fully saturated rings. The molecule has 0 aliphatic carbocycles. The van der Waals surface area contributed by atoms with Crippen molar-refractivity contribution in [1.29, 1.82) is 0 Å². The number of carbonyl (C=O) groups excluding carboxylic acids is 3. The maximum absolute atomic E-state index is 12.3. The normalized spacial score (nSPS) is 10.2. The van der Waals surface area contributed by atoms with Gasteiger partial charge < -0.3 is 20.9 Å². The molecule has 2 aromatic rings. The van der Waals surface area contributed by atoms with Gasteiger partial charge in [0.25, 0.3) is 0 Å². The number of nitrogens with one attached hydrogen (secondary N) is 3. The Morgan fingerprint density at radius 2 is 1.57 bits per heavy atom. The van der Waals surface area contributed by atoms with Gasteiger partial charge in [0.05, 0.1) is 0 Å². The van der Waals surface area contributed by atoms with E-state index in [0.29, 0.717) is 24.5 Å². The summed E-state index contributed by atoms with van der Waals surface area (Å²) in [4.78, 5) is 37.1. The molecule has 0 aromatic heterocycles. The van der Waals surface area contributed by atoms with Crippen LogP contribution in [0.15, 0.2) is 54.6 Å². The summed E-state index contributed by atoms with van der Waals surface area (Å²) in [5.41, 5.74) is 2.51. The van der Waals surface area contributed by atoms with E-state index >= 15 is 0 Å². The van der Waals surface area contributed by atoms with E-state index in [2.05, 4.69) is 28.1 Å². The van der Waals surface area contributed by atoms with E-state index < -0.39 is 0 Å². The fourth-order valence-electron chi connectivity index (χ4n) is 2.65. The number of likely N-dealkylation sites (N-methyl/N-ethyl adjacent to an activating group) is 1. The Kier molecular flexibility index (Phi) is 9.73. The number of hydrogen-bond acceptors (Lipinski definition) is 4. The number of carbonyl (C=O) groups is 3. The van der Waals surface area contributed by atoms with Gasteiger partial charge in [0.15, 0.2) is 0 Å². The zero-order valence-electron chi connectivity index (χ0n) is 17.3. The lowest BCUT2D eigenvalue weighted by Gasteiger charge is -2.21. The lowest BCUT2D eigenvalue weighted by Crippen LogP contribution is -2.44. The van der Waals surface area contributed by atoms with E-state index in [9.17, 15) is 14.4 Å². The van der Waals surface area contributed by atoms with E-state index in [0.717, 1.165) is 11.5 Å². The first-order chi connectivity index (χ1) is 14.5. The zero-order valence-corrected chi connectivity index (χ0v) is 18.1. The highest BCUT2D eigenvalue weighted by atomic mass is 32.2. The molecule has 0 bridgehead atoms. The SMILES string of the molecule is CCN(CC(=O)Nc1ccc(NC(C)=O)cc1)C(=O)NCCSCc1ccccc1. The molecule has 0 saturated carbocycles. The molecule has 0 aliphatic heterocycles. The van der Waals surface area contributed by atoms with Crippen molar-refractivity contribution < 1.29 is 14.4 Å². The maximum atomic E-state index is 12.3. The van der Waals surface area contributed by atoms with Gasteiger partial charge in [0.1, 0.15) is 6.54 Å². The van der Waals surface area contributed by atoms with E-state index in [-0.39, 0.29) is 24.4 Å². The summed E-state index contributed by atoms with van der Waals surface area (Å²) >= 11 is 1.75. The molecule has 0 aliphatic rings. The van der Waals surface area contributed by atoms with Crippen molar-refractivity contribution in [3.63, 3.8) is 0 Å². The second-order valence-corrected chi connectivity index (χ2v) is 7.70. The minimum Gasteiger partial charge on any atom is -0.337 e. The average molecular weight is 429 g/mol. The number of hydrogen-bond donors (Lipinski definition) is 3. The number of amides is 4. The molecule has 8 heteroatoms. The third kappa shape index (κ3) is 8.57. The third-order valence-corrected chi connectivity index (χ3v) is 5.16. The number of nitrogens with zero attached hydrogens (tertiary/aromatic N) is 1. The Hall–Kier alpha value is -3.00. The van der Waals surface area contributed by atoms with Crippen LogP contribution in [0, 0.1) is 0 Å². The number of thioether (sulfide) groups is 1. The number of anilines is 2. The maximum Gasteiger partial charge on any atom is 0.317 e. The zero-order chi connectivity index (χ0) is 21.8. The van der Waals surface area contributed by atoms with Crippen molar-refractivity contribution in [3.8, 4) is 0 Å². The first kappa shape index (κ1) is 23.3. The van der Waals surface area contributed by atoms with Crippen LogP contribution in [0.2, 0.25) is 0 Å². The molecule has 3 N–H and O–H groups in total. The van der Waals surface area contributed by atoms with Crippen LogP contribution < -0.4 is 16.0 Å². The summed E-state index contributed by atoms with van der Waals surface area (Å²) in [5.74, 6) is 1.26. The highest BCUT2D eigenvalue weighted by Gasteiger charge is 2.15. The third-order valence-electron chi connectivity index (χ3n) is 4.13. The summed E-state index contributed by atoms with van der Waals surface area (Å²) in [6, 6.07) is 16.7. The van der Waals surface area contributed by atoms with Gasteiger partial charge in [0, 0.05) is 42.9 Å². The number of benzene rings is 2. The average Bonchev–Trinajstić information content (AvgIpc) is 2.73. The molecule has 30 heavy (non-hydrogen) atoms. The Balaban J connectivity index is 1.70. The van der Waals surface area contributed by atoms with Crippen LogP contribution >= 0.6 is 11.8 Å². The highest BCUT2D eigenvalue weighted by Crippen LogP contribution is 2.13. The number of rotatable bonds is 10. The van der Waals surface area contributed by atoms with E-state index in [1.165, 1.54) is 17.4 Å². The molecular weight excluding hydrogens is 400 g/mol. The van der Waals surface area contributed by atoms with Gasteiger partial charge in [-0.25, -0.2) is 4.79 Å². The minimum absolute atomic E-state index is 0.0348. The topological polar surface area (TPSA) is 90.5 Å². The molecule has 0 atom stereocenters. The first-order valence-corrected chi connectivity index (χ1v) is 11.0. The Bertz CT molecular complexity index is 828. The second-order valence-electron chi connectivity index (χ2n) is 6.59. The fraction of sp³-hybridized carbons (Fsp3) is 0.318. The summed E-state index contributed by atoms with van der Waals surface area (Å²) in [6.45, 7) is 4.20. The van der Waals surface area contributed by atoms with Gasteiger partial charge in [-0.3, -0.25) is 9.59 Å². The van der Waals surface area contributed by atoms with Crippen LogP contribution in [0.4, 0.5) is 16.2 Å². The van der Waals surface area contributed by atoms with Gasteiger partial charge in [-0.1, -0.05) is 30.3 Å². The van der Waals surface area contributed by atoms with Crippen LogP contribution in [0.3, 0.4) is 0 Å². The summed E-state index contributed by atoms with van der Waals surface area (Å²) in [7, 11) is 0. The molecule has 160 valence electrons. The van der Waals surface area contributed by atoms with Crippen molar-refractivity contribution in [3.05, 3.63) is 60.2 Å². The van der Waals surface area contributed by atoms with Crippen LogP contribution in [0.1, 0.15) is 19.4 Å². The van der Waals surface area contributed by atoms with Gasteiger partial charge in [-0.15, -0.1) is 0 Å². The molecule has 0 saturated heterocycles. The Morgan fingerprint density at radius 1 is 0.933 bits per heavy atom.